The fourth-order valence-electron chi connectivity index (χ4n) is 14.2. The van der Waals surface area contributed by atoms with Crippen molar-refractivity contribution in [3.8, 4) is 0 Å². The Bertz CT molecular complexity index is 2140. The summed E-state index contributed by atoms with van der Waals surface area (Å²) >= 11 is -5.04. The molecule has 0 spiro atoms. The van der Waals surface area contributed by atoms with Crippen LogP contribution in [0.25, 0.3) is 5.57 Å². The molecule has 5 aliphatic carbocycles. The van der Waals surface area contributed by atoms with E-state index in [9.17, 15) is 0 Å². The normalized spacial score (nSPS) is 28.4. The van der Waals surface area contributed by atoms with Crippen LogP contribution in [0, 0.1) is 27.6 Å². The van der Waals surface area contributed by atoms with Gasteiger partial charge in [0.15, 0.2) is 0 Å². The van der Waals surface area contributed by atoms with Gasteiger partial charge in [0.1, 0.15) is 0 Å². The quantitative estimate of drug-likeness (QED) is 0.232. The Morgan fingerprint density at radius 3 is 1.80 bits per heavy atom. The fourth-order valence-corrected chi connectivity index (χ4v) is 38.9. The molecule has 5 atom stereocenters. The second-order valence-electron chi connectivity index (χ2n) is 19.5. The summed E-state index contributed by atoms with van der Waals surface area (Å²) in [6, 6.07) is 32.7. The van der Waals surface area contributed by atoms with Gasteiger partial charge in [0.2, 0.25) is 0 Å². The summed E-state index contributed by atoms with van der Waals surface area (Å²) in [4.78, 5) is 0. The van der Waals surface area contributed by atoms with Crippen molar-refractivity contribution < 1.29 is 18.3 Å². The molecule has 0 heterocycles. The molecule has 3 aromatic carbocycles. The van der Waals surface area contributed by atoms with Crippen molar-refractivity contribution in [1.82, 2.24) is 0 Å². The van der Waals surface area contributed by atoms with Crippen LogP contribution in [0.5, 0.6) is 0 Å². The third-order valence-electron chi connectivity index (χ3n) is 18.5. The third-order valence-corrected chi connectivity index (χ3v) is 42.5. The molecular weight excluding hydrogens is 775 g/mol. The molecule has 0 aliphatic heterocycles. The summed E-state index contributed by atoms with van der Waals surface area (Å²) in [7, 11) is 0. The first-order valence-corrected chi connectivity index (χ1v) is 27.3. The minimum atomic E-state index is -5.04. The van der Waals surface area contributed by atoms with E-state index in [2.05, 4.69) is 185 Å². The van der Waals surface area contributed by atoms with Crippen molar-refractivity contribution in [2.24, 2.45) is 27.6 Å². The SMILES string of the molecule is Cl.Cl.[CH2]=[Zr]([C]1=CC=CC1)([CH](C)c1ccccc1)([CH](C)c1ccccc1)[C]1(C)C2=C3Cc4ccccc4C3=C3C=CCCC3C2(C)C(C)(C)C(C)(C)C1(C)C. The van der Waals surface area contributed by atoms with Gasteiger partial charge in [-0.25, -0.2) is 0 Å². The molecule has 1 saturated carbocycles. The van der Waals surface area contributed by atoms with E-state index in [1.54, 1.807) is 25.6 Å². The summed E-state index contributed by atoms with van der Waals surface area (Å²) in [6.45, 7) is 27.0. The van der Waals surface area contributed by atoms with Gasteiger partial charge >= 0.3 is 319 Å². The molecule has 5 aliphatic rings. The maximum atomic E-state index is 6.27. The van der Waals surface area contributed by atoms with Gasteiger partial charge in [-0.05, 0) is 0 Å². The molecular formula is C51H64Cl2Zr. The molecule has 0 bridgehead atoms. The zero-order valence-corrected chi connectivity index (χ0v) is 38.6. The number of benzene rings is 3. The van der Waals surface area contributed by atoms with Gasteiger partial charge in [-0.2, -0.15) is 0 Å². The Labute approximate surface area is 340 Å². The van der Waals surface area contributed by atoms with Crippen LogP contribution in [0.1, 0.15) is 118 Å². The van der Waals surface area contributed by atoms with Crippen LogP contribution in [-0.4, -0.2) is 4.21 Å². The van der Waals surface area contributed by atoms with E-state index in [0.717, 1.165) is 19.3 Å². The van der Waals surface area contributed by atoms with Crippen LogP contribution in [-0.2, 0) is 24.7 Å². The average Bonchev–Trinajstić information content (AvgIpc) is 3.83. The molecule has 0 nitrogen and oxygen atoms in total. The topological polar surface area (TPSA) is 0 Å². The Kier molecular flexibility index (Phi) is 10.2. The van der Waals surface area contributed by atoms with Crippen molar-refractivity contribution >= 4 is 34.6 Å². The fraction of sp³-hybridized carbons (Fsp3) is 0.431. The molecule has 0 saturated heterocycles. The van der Waals surface area contributed by atoms with Gasteiger partial charge in [0.25, 0.3) is 0 Å². The van der Waals surface area contributed by atoms with Crippen molar-refractivity contribution in [3.05, 3.63) is 158 Å². The first-order chi connectivity index (χ1) is 24.5. The molecule has 3 heteroatoms. The molecule has 8 rings (SSSR count). The first kappa shape index (κ1) is 41.3. The summed E-state index contributed by atoms with van der Waals surface area (Å²) in [5.74, 6) is 0.449. The summed E-state index contributed by atoms with van der Waals surface area (Å²) < 4.78 is 8.34. The Hall–Kier alpha value is -2.31. The van der Waals surface area contributed by atoms with Crippen molar-refractivity contribution in [2.45, 2.75) is 105 Å². The monoisotopic (exact) mass is 836 g/mol. The van der Waals surface area contributed by atoms with Crippen LogP contribution in [0.3, 0.4) is 0 Å². The molecule has 1 fully saturated rings. The van der Waals surface area contributed by atoms with Gasteiger partial charge in [0.05, 0.1) is 0 Å². The van der Waals surface area contributed by atoms with Crippen molar-refractivity contribution in [1.29, 1.82) is 0 Å². The summed E-state index contributed by atoms with van der Waals surface area (Å²) in [5.41, 5.74) is 12.3. The minimum absolute atomic E-state index is 0. The predicted octanol–water partition coefficient (Wildman–Crippen LogP) is 14.9. The van der Waals surface area contributed by atoms with Gasteiger partial charge in [0, 0.05) is 0 Å². The van der Waals surface area contributed by atoms with Crippen LogP contribution in [0.2, 0.25) is 3.12 Å². The number of fused-ring (bicyclic) bond motifs is 6. The van der Waals surface area contributed by atoms with E-state index in [1.165, 1.54) is 28.7 Å². The van der Waals surface area contributed by atoms with Crippen molar-refractivity contribution in [3.63, 3.8) is 0 Å². The van der Waals surface area contributed by atoms with E-state index in [0.29, 0.717) is 13.2 Å². The van der Waals surface area contributed by atoms with E-state index in [-0.39, 0.29) is 49.6 Å². The van der Waals surface area contributed by atoms with Gasteiger partial charge in [-0.3, -0.25) is 0 Å². The Morgan fingerprint density at radius 2 is 1.24 bits per heavy atom. The molecule has 0 radical (unpaired) electrons. The number of halogens is 2. The number of allylic oxidation sites excluding steroid dienone is 10. The third kappa shape index (κ3) is 4.56. The average molecular weight is 839 g/mol. The zero-order valence-electron chi connectivity index (χ0n) is 34.6. The first-order valence-electron chi connectivity index (χ1n) is 20.3. The number of hydrogen-bond donors (Lipinski definition) is 0. The second-order valence-corrected chi connectivity index (χ2v) is 35.8. The van der Waals surface area contributed by atoms with Gasteiger partial charge < -0.3 is 0 Å². The Balaban J connectivity index is 0.00000249. The molecule has 0 aromatic heterocycles. The van der Waals surface area contributed by atoms with Gasteiger partial charge in [-0.1, -0.05) is 0 Å². The van der Waals surface area contributed by atoms with E-state index < -0.39 is 18.3 Å². The van der Waals surface area contributed by atoms with E-state index >= 15 is 0 Å². The van der Waals surface area contributed by atoms with E-state index in [4.69, 9.17) is 4.21 Å². The standard InChI is InChI=1S/C29H37.2C8H9.C5H5.CH2.2ClH.Zr/c1-18-25-22-17-19-13-9-10-14-20(19)24(22)21-15-11-12-16-23(21)29(25,8)28(6,7)27(4,5)26(18,2)3;2*1-2-8-6-4-3-5-7-8;1-2-4-5-3-1;;;;/h9-11,13-15,23H,12,16-17H2,1-8H3;2*2-7H,1H3;1-3H,4H2;1H2;2*1H;. The predicted molar refractivity (Wildman–Crippen MR) is 237 cm³/mol. The van der Waals surface area contributed by atoms with E-state index in [1.807, 2.05) is 0 Å². The zero-order chi connectivity index (χ0) is 37.1. The van der Waals surface area contributed by atoms with Crippen LogP contribution in [0.4, 0.5) is 0 Å². The van der Waals surface area contributed by atoms with Gasteiger partial charge in [-0.15, -0.1) is 24.8 Å². The Morgan fingerprint density at radius 1 is 0.685 bits per heavy atom. The summed E-state index contributed by atoms with van der Waals surface area (Å²) in [5, 5.41) is 0. The molecule has 286 valence electrons. The summed E-state index contributed by atoms with van der Waals surface area (Å²) in [6.07, 6.45) is 16.9. The molecule has 0 amide bonds. The van der Waals surface area contributed by atoms with Crippen molar-refractivity contribution in [2.75, 3.05) is 0 Å². The van der Waals surface area contributed by atoms with Crippen LogP contribution >= 0.6 is 24.8 Å². The molecule has 54 heavy (non-hydrogen) atoms. The molecule has 5 unspecified atom stereocenters. The van der Waals surface area contributed by atoms with Crippen LogP contribution < -0.4 is 0 Å². The number of rotatable bonds is 6. The maximum absolute atomic E-state index is 6.27. The number of hydrogen-bond acceptors (Lipinski definition) is 0. The molecule has 0 N–H and O–H groups in total. The second kappa shape index (κ2) is 13.4. The molecule has 3 aromatic rings. The van der Waals surface area contributed by atoms with Crippen LogP contribution in [0.15, 0.2) is 135 Å².